The normalized spacial score (nSPS) is 17.5. The molecule has 1 saturated carbocycles. The fourth-order valence-corrected chi connectivity index (χ4v) is 3.20. The number of alkyl halides is 3. The first-order chi connectivity index (χ1) is 15.8. The minimum absolute atomic E-state index is 0.0324. The van der Waals surface area contributed by atoms with Crippen molar-refractivity contribution < 1.29 is 18.0 Å². The molecule has 7 nitrogen and oxygen atoms in total. The highest BCUT2D eigenvalue weighted by molar-refractivity contribution is 6.10. The summed E-state index contributed by atoms with van der Waals surface area (Å²) >= 11 is 0. The molecule has 0 saturated heterocycles. The molecular formula is C23H21F3N6O. The van der Waals surface area contributed by atoms with Gasteiger partial charge in [0, 0.05) is 53.3 Å². The zero-order chi connectivity index (χ0) is 23.4. The summed E-state index contributed by atoms with van der Waals surface area (Å²) in [6.07, 6.45) is 13.4. The summed E-state index contributed by atoms with van der Waals surface area (Å²) < 4.78 is 38.9. The standard InChI is InChI=1S/C23H21F3N6O/c24-23(25,26)14-29-11-16-9-18(2-5-21(16)27)31-22(33)6-1-15-10-28-8-7-20(15)17-12-30-32(13-17)19-3-4-19/h1-2,5-13,19,27,29H,3-4,14H2,(H,31,33)/b6-1+,16-11-,27-21?. The average molecular weight is 454 g/mol. The highest BCUT2D eigenvalue weighted by Crippen LogP contribution is 2.35. The summed E-state index contributed by atoms with van der Waals surface area (Å²) in [6, 6.07) is 2.32. The third kappa shape index (κ3) is 6.06. The summed E-state index contributed by atoms with van der Waals surface area (Å²) in [5, 5.41) is 17.0. The predicted molar refractivity (Wildman–Crippen MR) is 118 cm³/mol. The van der Waals surface area contributed by atoms with Crippen LogP contribution in [0.15, 0.2) is 72.6 Å². The van der Waals surface area contributed by atoms with Gasteiger partial charge in [-0.3, -0.25) is 14.5 Å². The molecule has 2 aliphatic carbocycles. The molecule has 0 radical (unpaired) electrons. The molecule has 2 aromatic heterocycles. The van der Waals surface area contributed by atoms with Gasteiger partial charge in [0.05, 0.1) is 18.0 Å². The van der Waals surface area contributed by atoms with Crippen LogP contribution < -0.4 is 10.6 Å². The average Bonchev–Trinajstić information content (AvgIpc) is 3.50. The van der Waals surface area contributed by atoms with Gasteiger partial charge in [0.1, 0.15) is 6.54 Å². The molecule has 0 aliphatic heterocycles. The fourth-order valence-electron chi connectivity index (χ4n) is 3.20. The van der Waals surface area contributed by atoms with E-state index in [1.165, 1.54) is 24.3 Å². The van der Waals surface area contributed by atoms with Crippen LogP contribution in [0.5, 0.6) is 0 Å². The second-order valence-electron chi connectivity index (χ2n) is 7.67. The number of aromatic nitrogens is 3. The molecule has 170 valence electrons. The number of nitrogens with one attached hydrogen (secondary N) is 3. The minimum atomic E-state index is -4.36. The third-order valence-corrected chi connectivity index (χ3v) is 4.98. The lowest BCUT2D eigenvalue weighted by atomic mass is 10.0. The van der Waals surface area contributed by atoms with E-state index >= 15 is 0 Å². The van der Waals surface area contributed by atoms with Crippen LogP contribution in [0.25, 0.3) is 17.2 Å². The van der Waals surface area contributed by atoms with Crippen molar-refractivity contribution in [3.8, 4) is 11.1 Å². The smallest absolute Gasteiger partial charge is 0.382 e. The number of allylic oxidation sites excluding steroid dienone is 4. The lowest BCUT2D eigenvalue weighted by molar-refractivity contribution is -0.122. The van der Waals surface area contributed by atoms with Crippen molar-refractivity contribution in [3.05, 3.63) is 78.2 Å². The monoisotopic (exact) mass is 454 g/mol. The van der Waals surface area contributed by atoms with Crippen molar-refractivity contribution >= 4 is 17.7 Å². The summed E-state index contributed by atoms with van der Waals surface area (Å²) in [6.45, 7) is -1.21. The van der Waals surface area contributed by atoms with Crippen molar-refractivity contribution in [2.75, 3.05) is 6.54 Å². The van der Waals surface area contributed by atoms with Crippen LogP contribution in [0.4, 0.5) is 13.2 Å². The second kappa shape index (κ2) is 9.27. The van der Waals surface area contributed by atoms with Crippen LogP contribution in [0, 0.1) is 5.41 Å². The Morgan fingerprint density at radius 1 is 1.27 bits per heavy atom. The Bertz CT molecular complexity index is 1180. The maximum Gasteiger partial charge on any atom is 0.405 e. The Hall–Kier alpha value is -3.95. The molecule has 0 spiro atoms. The van der Waals surface area contributed by atoms with Crippen molar-refractivity contribution in [2.45, 2.75) is 25.1 Å². The summed E-state index contributed by atoms with van der Waals surface area (Å²) in [5.41, 5.74) is 3.19. The zero-order valence-electron chi connectivity index (χ0n) is 17.4. The van der Waals surface area contributed by atoms with E-state index in [2.05, 4.69) is 20.7 Å². The van der Waals surface area contributed by atoms with Gasteiger partial charge in [-0.05, 0) is 48.8 Å². The van der Waals surface area contributed by atoms with Gasteiger partial charge in [-0.25, -0.2) is 0 Å². The SMILES string of the molecule is N=C1C=CC(NC(=O)/C=C/c2cnccc2-c2cnn(C3CC3)c2)=C/C1=C/NCC(F)(F)F. The Kier molecular flexibility index (Phi) is 6.25. The molecule has 3 N–H and O–H groups in total. The molecule has 0 atom stereocenters. The van der Waals surface area contributed by atoms with Crippen LogP contribution in [-0.2, 0) is 4.79 Å². The number of pyridine rings is 1. The van der Waals surface area contributed by atoms with Gasteiger partial charge >= 0.3 is 6.18 Å². The first-order valence-electron chi connectivity index (χ1n) is 10.2. The maximum atomic E-state index is 12.4. The van der Waals surface area contributed by atoms with Crippen molar-refractivity contribution in [1.29, 1.82) is 5.41 Å². The van der Waals surface area contributed by atoms with E-state index in [4.69, 9.17) is 5.41 Å². The van der Waals surface area contributed by atoms with Crippen LogP contribution in [0.1, 0.15) is 24.4 Å². The lowest BCUT2D eigenvalue weighted by Crippen LogP contribution is -2.26. The maximum absolute atomic E-state index is 12.4. The van der Waals surface area contributed by atoms with Crippen LogP contribution in [0.3, 0.4) is 0 Å². The van der Waals surface area contributed by atoms with E-state index < -0.39 is 18.6 Å². The summed E-state index contributed by atoms with van der Waals surface area (Å²) in [4.78, 5) is 16.6. The Balaban J connectivity index is 1.43. The van der Waals surface area contributed by atoms with E-state index in [1.54, 1.807) is 24.7 Å². The van der Waals surface area contributed by atoms with Crippen LogP contribution in [0.2, 0.25) is 0 Å². The molecular weight excluding hydrogens is 433 g/mol. The molecule has 10 heteroatoms. The molecule has 0 unspecified atom stereocenters. The van der Waals surface area contributed by atoms with Crippen LogP contribution >= 0.6 is 0 Å². The number of carbonyl (C=O) groups excluding carboxylic acids is 1. The highest BCUT2D eigenvalue weighted by Gasteiger charge is 2.26. The second-order valence-corrected chi connectivity index (χ2v) is 7.67. The largest absolute Gasteiger partial charge is 0.405 e. The number of hydrogen-bond acceptors (Lipinski definition) is 5. The van der Waals surface area contributed by atoms with Crippen molar-refractivity contribution in [3.63, 3.8) is 0 Å². The van der Waals surface area contributed by atoms with Gasteiger partial charge in [0.2, 0.25) is 5.91 Å². The Labute approximate surface area is 187 Å². The summed E-state index contributed by atoms with van der Waals surface area (Å²) in [5.74, 6) is -0.426. The number of nitrogens with zero attached hydrogens (tertiary/aromatic N) is 3. The molecule has 0 bridgehead atoms. The first-order valence-corrected chi connectivity index (χ1v) is 10.2. The quantitative estimate of drug-likeness (QED) is 0.553. The number of amides is 1. The molecule has 4 rings (SSSR count). The van der Waals surface area contributed by atoms with E-state index in [9.17, 15) is 18.0 Å². The number of halogens is 3. The predicted octanol–water partition coefficient (Wildman–Crippen LogP) is 3.92. The minimum Gasteiger partial charge on any atom is -0.382 e. The van der Waals surface area contributed by atoms with Crippen molar-refractivity contribution in [2.24, 2.45) is 0 Å². The molecule has 2 aromatic rings. The zero-order valence-corrected chi connectivity index (χ0v) is 17.4. The van der Waals surface area contributed by atoms with Crippen molar-refractivity contribution in [1.82, 2.24) is 25.4 Å². The third-order valence-electron chi connectivity index (χ3n) is 4.98. The lowest BCUT2D eigenvalue weighted by Gasteiger charge is -2.12. The van der Waals surface area contributed by atoms with Gasteiger partial charge in [0.15, 0.2) is 0 Å². The molecule has 2 aliphatic rings. The topological polar surface area (TPSA) is 95.7 Å². The number of hydrogen-bond donors (Lipinski definition) is 3. The highest BCUT2D eigenvalue weighted by atomic mass is 19.4. The Morgan fingerprint density at radius 3 is 2.85 bits per heavy atom. The van der Waals surface area contributed by atoms with E-state index in [0.717, 1.165) is 35.7 Å². The van der Waals surface area contributed by atoms with Gasteiger partial charge < -0.3 is 16.0 Å². The first kappa shape index (κ1) is 22.3. The van der Waals surface area contributed by atoms with E-state index in [-0.39, 0.29) is 11.3 Å². The van der Waals surface area contributed by atoms with Crippen LogP contribution in [-0.4, -0.2) is 39.1 Å². The molecule has 0 aromatic carbocycles. The molecule has 2 heterocycles. The fraction of sp³-hybridized carbons (Fsp3) is 0.217. The molecule has 1 fully saturated rings. The number of carbonyl (C=O) groups is 1. The Morgan fingerprint density at radius 2 is 2.09 bits per heavy atom. The van der Waals surface area contributed by atoms with E-state index in [1.807, 2.05) is 16.9 Å². The molecule has 33 heavy (non-hydrogen) atoms. The van der Waals surface area contributed by atoms with Gasteiger partial charge in [-0.15, -0.1) is 0 Å². The summed E-state index contributed by atoms with van der Waals surface area (Å²) in [7, 11) is 0. The number of rotatable bonds is 7. The van der Waals surface area contributed by atoms with Gasteiger partial charge in [-0.1, -0.05) is 0 Å². The van der Waals surface area contributed by atoms with Gasteiger partial charge in [-0.2, -0.15) is 18.3 Å². The van der Waals surface area contributed by atoms with Gasteiger partial charge in [0.25, 0.3) is 0 Å². The molecule has 1 amide bonds. The van der Waals surface area contributed by atoms with E-state index in [0.29, 0.717) is 11.7 Å².